The van der Waals surface area contributed by atoms with Gasteiger partial charge >= 0.3 is 5.97 Å². The summed E-state index contributed by atoms with van der Waals surface area (Å²) in [6.45, 7) is 6.15. The summed E-state index contributed by atoms with van der Waals surface area (Å²) < 4.78 is 23.1. The van der Waals surface area contributed by atoms with E-state index in [4.69, 9.17) is 34.6 Å². The van der Waals surface area contributed by atoms with Gasteiger partial charge in [0.15, 0.2) is 11.6 Å². The Labute approximate surface area is 286 Å². The van der Waals surface area contributed by atoms with Crippen LogP contribution in [0.5, 0.6) is 11.5 Å². The van der Waals surface area contributed by atoms with Crippen molar-refractivity contribution in [1.82, 2.24) is 10.9 Å². The lowest BCUT2D eigenvalue weighted by molar-refractivity contribution is -0.155. The first kappa shape index (κ1) is 36.7. The Balaban J connectivity index is 1.69. The van der Waals surface area contributed by atoms with Crippen LogP contribution in [-0.2, 0) is 32.0 Å². The van der Waals surface area contributed by atoms with Gasteiger partial charge in [-0.1, -0.05) is 41.5 Å². The van der Waals surface area contributed by atoms with E-state index in [9.17, 15) is 9.59 Å². The molecule has 1 heterocycles. The van der Waals surface area contributed by atoms with E-state index in [0.717, 1.165) is 11.3 Å². The molecule has 49 heavy (non-hydrogen) atoms. The molecule has 13 nitrogen and oxygen atoms in total. The van der Waals surface area contributed by atoms with Gasteiger partial charge in [-0.25, -0.2) is 10.4 Å². The van der Waals surface area contributed by atoms with E-state index in [-0.39, 0.29) is 31.9 Å². The summed E-state index contributed by atoms with van der Waals surface area (Å²) in [5.74, 6) is 0.558. The Hall–Kier alpha value is -5.10. The van der Waals surface area contributed by atoms with Crippen LogP contribution in [0, 0.1) is 0 Å². The summed E-state index contributed by atoms with van der Waals surface area (Å²) in [6.07, 6.45) is -0.0359. The highest BCUT2D eigenvalue weighted by atomic mass is 16.6. The number of hydrazine groups is 1. The molecular weight excluding hydrogens is 628 g/mol. The number of aliphatic hydroxyl groups excluding tert-OH is 1. The van der Waals surface area contributed by atoms with Crippen molar-refractivity contribution in [3.05, 3.63) is 105 Å². The average molecular weight is 673 g/mol. The van der Waals surface area contributed by atoms with Crippen molar-refractivity contribution < 1.29 is 33.6 Å². The molecule has 0 aromatic heterocycles. The minimum absolute atomic E-state index is 0.0195. The van der Waals surface area contributed by atoms with Crippen molar-refractivity contribution >= 4 is 17.8 Å². The molecule has 0 saturated carbocycles. The maximum Gasteiger partial charge on any atom is 0.306 e. The third kappa shape index (κ3) is 10.2. The van der Waals surface area contributed by atoms with Crippen molar-refractivity contribution in [2.24, 2.45) is 10.1 Å². The second-order valence-electron chi connectivity index (χ2n) is 12.4. The number of carbonyl (C=O) groups excluding carboxylic acids is 2. The molecule has 3 aromatic carbocycles. The highest BCUT2D eigenvalue weighted by Gasteiger charge is 2.54. The number of hydrogen-bond acceptors (Lipinski definition) is 10. The molecule has 0 radical (unpaired) electrons. The van der Waals surface area contributed by atoms with Gasteiger partial charge in [0.2, 0.25) is 5.90 Å². The lowest BCUT2D eigenvalue weighted by atomic mass is 9.82. The van der Waals surface area contributed by atoms with Crippen LogP contribution in [0.1, 0.15) is 68.4 Å². The molecule has 1 aliphatic rings. The standard InChI is InChI=1S/C36H44N6O7/c1-35(2,3)49-31(44)18-20-36(34(45)41-38-21-19-25-10-14-28(46-4)15-11-25)32(30-9-6-5-8-27(30)24-39-42-37)48-33(40-36)26-12-16-29(17-13-26)47-23-7-22-43/h5-6,8-17,32,38,43H,7,18-24H2,1-4H3,(H,41,45)/t32-,36-/m0/s1. The zero-order chi connectivity index (χ0) is 35.3. The molecule has 0 fully saturated rings. The fraction of sp³-hybridized carbons (Fsp3) is 0.417. The van der Waals surface area contributed by atoms with E-state index >= 15 is 0 Å². The Morgan fingerprint density at radius 2 is 1.78 bits per heavy atom. The third-order valence-corrected chi connectivity index (χ3v) is 7.70. The number of rotatable bonds is 17. The maximum absolute atomic E-state index is 14.4. The number of amides is 1. The van der Waals surface area contributed by atoms with Gasteiger partial charge < -0.3 is 24.1 Å². The Kier molecular flexibility index (Phi) is 13.0. The summed E-state index contributed by atoms with van der Waals surface area (Å²) in [4.78, 5) is 35.3. The molecule has 13 heteroatoms. The van der Waals surface area contributed by atoms with Crippen molar-refractivity contribution in [2.75, 3.05) is 26.9 Å². The quantitative estimate of drug-likeness (QED) is 0.0420. The lowest BCUT2D eigenvalue weighted by Gasteiger charge is -2.31. The van der Waals surface area contributed by atoms with Crippen LogP contribution in [0.15, 0.2) is 82.9 Å². The zero-order valence-electron chi connectivity index (χ0n) is 28.3. The average Bonchev–Trinajstić information content (AvgIpc) is 3.49. The van der Waals surface area contributed by atoms with Gasteiger partial charge in [0.1, 0.15) is 17.1 Å². The topological polar surface area (TPSA) is 176 Å². The highest BCUT2D eigenvalue weighted by molar-refractivity contribution is 6.01. The number of esters is 1. The van der Waals surface area contributed by atoms with E-state index in [1.807, 2.05) is 24.3 Å². The van der Waals surface area contributed by atoms with Gasteiger partial charge in [-0.15, -0.1) is 0 Å². The van der Waals surface area contributed by atoms with Gasteiger partial charge in [0.25, 0.3) is 5.91 Å². The fourth-order valence-corrected chi connectivity index (χ4v) is 5.32. The smallest absolute Gasteiger partial charge is 0.306 e. The first-order valence-electron chi connectivity index (χ1n) is 16.2. The van der Waals surface area contributed by atoms with Gasteiger partial charge in [0.05, 0.1) is 20.3 Å². The molecule has 0 spiro atoms. The summed E-state index contributed by atoms with van der Waals surface area (Å²) in [5.41, 5.74) is 15.5. The van der Waals surface area contributed by atoms with E-state index in [2.05, 4.69) is 20.9 Å². The number of benzene rings is 3. The first-order valence-corrected chi connectivity index (χ1v) is 16.2. The van der Waals surface area contributed by atoms with E-state index in [1.165, 1.54) is 0 Å². The van der Waals surface area contributed by atoms with Gasteiger partial charge in [-0.3, -0.25) is 15.0 Å². The molecule has 3 aromatic rings. The summed E-state index contributed by atoms with van der Waals surface area (Å²) >= 11 is 0. The molecule has 260 valence electrons. The number of azide groups is 1. The minimum atomic E-state index is -1.62. The van der Waals surface area contributed by atoms with Crippen LogP contribution in [0.3, 0.4) is 0 Å². The lowest BCUT2D eigenvalue weighted by Crippen LogP contribution is -2.53. The van der Waals surface area contributed by atoms with Crippen LogP contribution in [0.25, 0.3) is 10.4 Å². The summed E-state index contributed by atoms with van der Waals surface area (Å²) in [7, 11) is 1.61. The predicted molar refractivity (Wildman–Crippen MR) is 184 cm³/mol. The van der Waals surface area contributed by atoms with E-state index in [1.54, 1.807) is 76.4 Å². The number of methoxy groups -OCH3 is 1. The van der Waals surface area contributed by atoms with Crippen LogP contribution >= 0.6 is 0 Å². The molecule has 3 N–H and O–H groups in total. The fourth-order valence-electron chi connectivity index (χ4n) is 5.32. The number of ether oxygens (including phenoxy) is 4. The number of aliphatic imine (C=N–C) groups is 1. The predicted octanol–water partition coefficient (Wildman–Crippen LogP) is 5.51. The van der Waals surface area contributed by atoms with Crippen LogP contribution < -0.4 is 20.3 Å². The zero-order valence-corrected chi connectivity index (χ0v) is 28.3. The van der Waals surface area contributed by atoms with Crippen LogP contribution in [0.2, 0.25) is 0 Å². The summed E-state index contributed by atoms with van der Waals surface area (Å²) in [6, 6.07) is 21.9. The largest absolute Gasteiger partial charge is 0.497 e. The number of aliphatic hydroxyl groups is 1. The molecule has 1 aliphatic heterocycles. The van der Waals surface area contributed by atoms with Crippen molar-refractivity contribution in [3.8, 4) is 11.5 Å². The van der Waals surface area contributed by atoms with Crippen molar-refractivity contribution in [3.63, 3.8) is 0 Å². The second-order valence-corrected chi connectivity index (χ2v) is 12.4. The number of carbonyl (C=O) groups is 2. The summed E-state index contributed by atoms with van der Waals surface area (Å²) in [5, 5.41) is 12.8. The molecule has 1 amide bonds. The maximum atomic E-state index is 14.4. The number of nitrogens with zero attached hydrogens (tertiary/aromatic N) is 4. The van der Waals surface area contributed by atoms with Gasteiger partial charge in [0, 0.05) is 36.5 Å². The number of hydrogen-bond donors (Lipinski definition) is 3. The first-order chi connectivity index (χ1) is 23.6. The van der Waals surface area contributed by atoms with Crippen molar-refractivity contribution in [2.45, 2.75) is 70.2 Å². The molecule has 4 rings (SSSR count). The Morgan fingerprint density at radius 3 is 2.45 bits per heavy atom. The van der Waals surface area contributed by atoms with Gasteiger partial charge in [-0.05, 0) is 92.2 Å². The molecule has 0 saturated heterocycles. The third-order valence-electron chi connectivity index (χ3n) is 7.70. The number of nitrogens with one attached hydrogen (secondary N) is 2. The van der Waals surface area contributed by atoms with Crippen LogP contribution in [0.4, 0.5) is 0 Å². The monoisotopic (exact) mass is 672 g/mol. The molecule has 2 atom stereocenters. The van der Waals surface area contributed by atoms with Gasteiger partial charge in [-0.2, -0.15) is 0 Å². The molecular formula is C36H44N6O7. The van der Waals surface area contributed by atoms with Crippen LogP contribution in [-0.4, -0.2) is 60.9 Å². The molecule has 0 bridgehead atoms. The van der Waals surface area contributed by atoms with E-state index < -0.39 is 29.1 Å². The SMILES string of the molecule is COc1ccc(CCNNC(=O)[C@@]2(CCC(=O)OC(C)(C)C)N=C(c3ccc(OCCCO)cc3)O[C@H]2c2ccccc2CN=[N+]=[N-])cc1. The highest BCUT2D eigenvalue weighted by Crippen LogP contribution is 2.44. The molecule has 0 unspecified atom stereocenters. The Bertz CT molecular complexity index is 1630. The normalized spacial score (nSPS) is 16.9. The van der Waals surface area contributed by atoms with E-state index in [0.29, 0.717) is 48.4 Å². The second kappa shape index (κ2) is 17.3. The van der Waals surface area contributed by atoms with Crippen molar-refractivity contribution in [1.29, 1.82) is 0 Å². The minimum Gasteiger partial charge on any atom is -0.497 e. The molecule has 0 aliphatic carbocycles. The Morgan fingerprint density at radius 1 is 1.06 bits per heavy atom.